The van der Waals surface area contributed by atoms with Gasteiger partial charge in [0, 0.05) is 24.3 Å². The second kappa shape index (κ2) is 7.54. The fourth-order valence-electron chi connectivity index (χ4n) is 2.51. The lowest BCUT2D eigenvalue weighted by atomic mass is 10.0. The Hall–Kier alpha value is -1.02. The maximum Gasteiger partial charge on any atom is 0.0417 e. The molecular weight excluding hydrogens is 232 g/mol. The van der Waals surface area contributed by atoms with Crippen LogP contribution in [0.4, 0.5) is 5.69 Å². The Morgan fingerprint density at radius 1 is 1.05 bits per heavy atom. The average Bonchev–Trinajstić information content (AvgIpc) is 2.36. The summed E-state index contributed by atoms with van der Waals surface area (Å²) in [5.41, 5.74) is 2.78. The first-order valence-corrected chi connectivity index (χ1v) is 7.56. The van der Waals surface area contributed by atoms with Gasteiger partial charge in [0.25, 0.3) is 0 Å². The monoisotopic (exact) mass is 262 g/mol. The molecule has 1 aromatic rings. The summed E-state index contributed by atoms with van der Waals surface area (Å²) in [6, 6.07) is 9.71. The number of para-hydroxylation sites is 1. The SMILES string of the molecule is CCNC(C)c1ccccc1N(CC(C)C)C(C)C. The molecule has 2 nitrogen and oxygen atoms in total. The predicted octanol–water partition coefficient (Wildman–Crippen LogP) is 4.23. The van der Waals surface area contributed by atoms with Crippen LogP contribution in [0.1, 0.15) is 53.1 Å². The maximum atomic E-state index is 3.52. The molecule has 0 bridgehead atoms. The number of hydrogen-bond acceptors (Lipinski definition) is 2. The van der Waals surface area contributed by atoms with Gasteiger partial charge in [0.15, 0.2) is 0 Å². The molecular formula is C17H30N2. The fourth-order valence-corrected chi connectivity index (χ4v) is 2.51. The molecule has 0 saturated heterocycles. The molecule has 1 rings (SSSR count). The Morgan fingerprint density at radius 3 is 2.21 bits per heavy atom. The summed E-state index contributed by atoms with van der Waals surface area (Å²) in [4.78, 5) is 2.52. The lowest BCUT2D eigenvalue weighted by Gasteiger charge is -2.33. The molecule has 0 heterocycles. The van der Waals surface area contributed by atoms with Crippen LogP contribution in [0.2, 0.25) is 0 Å². The van der Waals surface area contributed by atoms with Gasteiger partial charge in [-0.15, -0.1) is 0 Å². The molecule has 0 amide bonds. The standard InChI is InChI=1S/C17H30N2/c1-7-18-15(6)16-10-8-9-11-17(16)19(14(4)5)12-13(2)3/h8-11,13-15,18H,7,12H2,1-6H3. The second-order valence-electron chi connectivity index (χ2n) is 5.98. The van der Waals surface area contributed by atoms with Crippen LogP contribution in [0.5, 0.6) is 0 Å². The van der Waals surface area contributed by atoms with Crippen LogP contribution < -0.4 is 10.2 Å². The summed E-state index contributed by atoms with van der Waals surface area (Å²) in [6.07, 6.45) is 0. The molecule has 0 fully saturated rings. The van der Waals surface area contributed by atoms with E-state index in [9.17, 15) is 0 Å². The Labute approximate surface area is 119 Å². The number of anilines is 1. The van der Waals surface area contributed by atoms with Crippen molar-refractivity contribution in [3.05, 3.63) is 29.8 Å². The quantitative estimate of drug-likeness (QED) is 0.791. The molecule has 0 aromatic heterocycles. The second-order valence-corrected chi connectivity index (χ2v) is 5.98. The van der Waals surface area contributed by atoms with Gasteiger partial charge in [-0.05, 0) is 44.9 Å². The topological polar surface area (TPSA) is 15.3 Å². The van der Waals surface area contributed by atoms with E-state index in [0.717, 1.165) is 13.1 Å². The van der Waals surface area contributed by atoms with Crippen molar-refractivity contribution in [2.45, 2.75) is 53.6 Å². The summed E-state index contributed by atoms with van der Waals surface area (Å²) in [5.74, 6) is 0.671. The van der Waals surface area contributed by atoms with Crippen molar-refractivity contribution in [3.63, 3.8) is 0 Å². The van der Waals surface area contributed by atoms with E-state index in [1.807, 2.05) is 0 Å². The molecule has 0 radical (unpaired) electrons. The molecule has 0 aliphatic rings. The minimum absolute atomic E-state index is 0.398. The lowest BCUT2D eigenvalue weighted by Crippen LogP contribution is -2.35. The zero-order valence-electron chi connectivity index (χ0n) is 13.4. The van der Waals surface area contributed by atoms with E-state index < -0.39 is 0 Å². The van der Waals surface area contributed by atoms with Crippen molar-refractivity contribution in [3.8, 4) is 0 Å². The van der Waals surface area contributed by atoms with Crippen LogP contribution in [0.15, 0.2) is 24.3 Å². The first-order valence-electron chi connectivity index (χ1n) is 7.56. The summed E-state index contributed by atoms with van der Waals surface area (Å²) in [6.45, 7) is 15.6. The van der Waals surface area contributed by atoms with Crippen LogP contribution in [-0.2, 0) is 0 Å². The Morgan fingerprint density at radius 2 is 1.68 bits per heavy atom. The minimum atomic E-state index is 0.398. The third-order valence-corrected chi connectivity index (χ3v) is 3.41. The maximum absolute atomic E-state index is 3.52. The summed E-state index contributed by atoms with van der Waals surface area (Å²) >= 11 is 0. The molecule has 1 aromatic carbocycles. The van der Waals surface area contributed by atoms with E-state index in [1.54, 1.807) is 0 Å². The molecule has 1 atom stereocenters. The van der Waals surface area contributed by atoms with Crippen molar-refractivity contribution < 1.29 is 0 Å². The Bertz CT molecular complexity index is 371. The van der Waals surface area contributed by atoms with Crippen molar-refractivity contribution >= 4 is 5.69 Å². The fraction of sp³-hybridized carbons (Fsp3) is 0.647. The van der Waals surface area contributed by atoms with Gasteiger partial charge < -0.3 is 10.2 Å². The van der Waals surface area contributed by atoms with Gasteiger partial charge >= 0.3 is 0 Å². The zero-order valence-corrected chi connectivity index (χ0v) is 13.4. The van der Waals surface area contributed by atoms with Crippen LogP contribution in [0, 0.1) is 5.92 Å². The highest BCUT2D eigenvalue weighted by atomic mass is 15.2. The number of rotatable bonds is 7. The van der Waals surface area contributed by atoms with E-state index in [0.29, 0.717) is 18.0 Å². The van der Waals surface area contributed by atoms with Gasteiger partial charge in [0.1, 0.15) is 0 Å². The normalized spacial score (nSPS) is 13.1. The average molecular weight is 262 g/mol. The van der Waals surface area contributed by atoms with E-state index in [-0.39, 0.29) is 0 Å². The number of nitrogens with zero attached hydrogens (tertiary/aromatic N) is 1. The minimum Gasteiger partial charge on any atom is -0.369 e. The predicted molar refractivity (Wildman–Crippen MR) is 85.9 cm³/mol. The first-order chi connectivity index (χ1) is 8.97. The lowest BCUT2D eigenvalue weighted by molar-refractivity contribution is 0.557. The molecule has 0 spiro atoms. The van der Waals surface area contributed by atoms with Gasteiger partial charge in [-0.1, -0.05) is 39.0 Å². The third-order valence-electron chi connectivity index (χ3n) is 3.41. The third kappa shape index (κ3) is 4.54. The van der Waals surface area contributed by atoms with Crippen molar-refractivity contribution in [1.82, 2.24) is 5.32 Å². The molecule has 0 aliphatic heterocycles. The Kier molecular flexibility index (Phi) is 6.36. The highest BCUT2D eigenvalue weighted by Crippen LogP contribution is 2.28. The van der Waals surface area contributed by atoms with Crippen LogP contribution in [0.3, 0.4) is 0 Å². The van der Waals surface area contributed by atoms with E-state index >= 15 is 0 Å². The molecule has 108 valence electrons. The number of nitrogens with one attached hydrogen (secondary N) is 1. The summed E-state index contributed by atoms with van der Waals surface area (Å²) in [7, 11) is 0. The first kappa shape index (κ1) is 16.0. The van der Waals surface area contributed by atoms with Gasteiger partial charge in [0.05, 0.1) is 0 Å². The summed E-state index contributed by atoms with van der Waals surface area (Å²) < 4.78 is 0. The number of benzene rings is 1. The molecule has 0 aliphatic carbocycles. The van der Waals surface area contributed by atoms with Gasteiger partial charge in [-0.25, -0.2) is 0 Å². The van der Waals surface area contributed by atoms with Gasteiger partial charge in [-0.3, -0.25) is 0 Å². The van der Waals surface area contributed by atoms with Crippen LogP contribution >= 0.6 is 0 Å². The molecule has 1 unspecified atom stereocenters. The van der Waals surface area contributed by atoms with Gasteiger partial charge in [-0.2, -0.15) is 0 Å². The van der Waals surface area contributed by atoms with Crippen molar-refractivity contribution in [2.24, 2.45) is 5.92 Å². The van der Waals surface area contributed by atoms with E-state index in [4.69, 9.17) is 0 Å². The van der Waals surface area contributed by atoms with Crippen LogP contribution in [0.25, 0.3) is 0 Å². The zero-order chi connectivity index (χ0) is 14.4. The highest BCUT2D eigenvalue weighted by molar-refractivity contribution is 5.55. The highest BCUT2D eigenvalue weighted by Gasteiger charge is 2.17. The summed E-state index contributed by atoms with van der Waals surface area (Å²) in [5, 5.41) is 3.52. The van der Waals surface area contributed by atoms with E-state index in [1.165, 1.54) is 11.3 Å². The molecule has 1 N–H and O–H groups in total. The smallest absolute Gasteiger partial charge is 0.0417 e. The molecule has 19 heavy (non-hydrogen) atoms. The molecule has 0 saturated carbocycles. The van der Waals surface area contributed by atoms with Gasteiger partial charge in [0.2, 0.25) is 0 Å². The van der Waals surface area contributed by atoms with Crippen LogP contribution in [-0.4, -0.2) is 19.1 Å². The molecule has 2 heteroatoms. The van der Waals surface area contributed by atoms with Crippen molar-refractivity contribution in [1.29, 1.82) is 0 Å². The van der Waals surface area contributed by atoms with Crippen molar-refractivity contribution in [2.75, 3.05) is 18.0 Å². The largest absolute Gasteiger partial charge is 0.369 e. The Balaban J connectivity index is 3.08. The number of hydrogen-bond donors (Lipinski definition) is 1. The van der Waals surface area contributed by atoms with E-state index in [2.05, 4.69) is 76.0 Å².